The summed E-state index contributed by atoms with van der Waals surface area (Å²) in [7, 11) is 0. The van der Waals surface area contributed by atoms with Crippen LogP contribution in [-0.2, 0) is 4.79 Å². The Morgan fingerprint density at radius 3 is 2.69 bits per heavy atom. The Morgan fingerprint density at radius 1 is 1.08 bits per heavy atom. The highest BCUT2D eigenvalue weighted by Gasteiger charge is 2.34. The van der Waals surface area contributed by atoms with Crippen LogP contribution >= 0.6 is 11.8 Å². The molecule has 5 heteroatoms. The number of hydrogen-bond donors (Lipinski definition) is 3. The molecule has 2 heterocycles. The molecular weight excluding hydrogens is 342 g/mol. The minimum Gasteiger partial charge on any atom is -0.399 e. The molecule has 2 aromatic carbocycles. The molecule has 0 bridgehead atoms. The summed E-state index contributed by atoms with van der Waals surface area (Å²) in [6, 6.07) is 16.0. The molecular formula is C21H25N3OS. The molecule has 0 aliphatic carbocycles. The Kier molecular flexibility index (Phi) is 5.18. The Hall–Kier alpha value is -1.98. The lowest BCUT2D eigenvalue weighted by molar-refractivity contribution is -0.123. The van der Waals surface area contributed by atoms with Crippen molar-refractivity contribution < 1.29 is 4.79 Å². The molecule has 1 saturated heterocycles. The molecule has 0 saturated carbocycles. The lowest BCUT2D eigenvalue weighted by Gasteiger charge is -2.33. The second-order valence-corrected chi connectivity index (χ2v) is 8.48. The summed E-state index contributed by atoms with van der Waals surface area (Å²) in [6.07, 6.45) is 1.96. The zero-order valence-electron chi connectivity index (χ0n) is 14.8. The van der Waals surface area contributed by atoms with E-state index in [2.05, 4.69) is 22.8 Å². The van der Waals surface area contributed by atoms with E-state index in [4.69, 9.17) is 5.73 Å². The van der Waals surface area contributed by atoms with Crippen molar-refractivity contribution in [1.29, 1.82) is 0 Å². The molecule has 0 radical (unpaired) electrons. The van der Waals surface area contributed by atoms with Crippen LogP contribution in [0.2, 0.25) is 0 Å². The van der Waals surface area contributed by atoms with E-state index in [-0.39, 0.29) is 17.9 Å². The van der Waals surface area contributed by atoms with E-state index in [1.807, 2.05) is 48.2 Å². The first-order chi connectivity index (χ1) is 12.7. The Bertz CT molecular complexity index is 788. The third-order valence-electron chi connectivity index (χ3n) is 5.31. The quantitative estimate of drug-likeness (QED) is 0.727. The van der Waals surface area contributed by atoms with Crippen LogP contribution in [0.4, 0.5) is 5.69 Å². The van der Waals surface area contributed by atoms with Crippen molar-refractivity contribution in [3.8, 4) is 0 Å². The maximum absolute atomic E-state index is 12.9. The predicted molar refractivity (Wildman–Crippen MR) is 108 cm³/mol. The van der Waals surface area contributed by atoms with E-state index in [9.17, 15) is 4.79 Å². The molecule has 3 unspecified atom stereocenters. The van der Waals surface area contributed by atoms with Crippen molar-refractivity contribution in [1.82, 2.24) is 10.6 Å². The summed E-state index contributed by atoms with van der Waals surface area (Å²) >= 11 is 2.03. The van der Waals surface area contributed by atoms with Crippen LogP contribution in [0.25, 0.3) is 0 Å². The van der Waals surface area contributed by atoms with Crippen LogP contribution in [0.5, 0.6) is 0 Å². The van der Waals surface area contributed by atoms with Gasteiger partial charge in [-0.15, -0.1) is 0 Å². The minimum atomic E-state index is -0.121. The van der Waals surface area contributed by atoms with Gasteiger partial charge < -0.3 is 16.4 Å². The van der Waals surface area contributed by atoms with Crippen molar-refractivity contribution in [2.75, 3.05) is 24.6 Å². The van der Waals surface area contributed by atoms with Gasteiger partial charge in [0.2, 0.25) is 5.91 Å². The summed E-state index contributed by atoms with van der Waals surface area (Å²) in [5, 5.41) is 7.30. The first-order valence-electron chi connectivity index (χ1n) is 9.29. The van der Waals surface area contributed by atoms with Crippen LogP contribution in [0.15, 0.2) is 48.5 Å². The monoisotopic (exact) mass is 367 g/mol. The van der Waals surface area contributed by atoms with Gasteiger partial charge in [-0.25, -0.2) is 0 Å². The fraction of sp³-hybridized carbons (Fsp3) is 0.381. The average molecular weight is 368 g/mol. The first-order valence-corrected chi connectivity index (χ1v) is 10.3. The number of benzene rings is 2. The first kappa shape index (κ1) is 17.4. The van der Waals surface area contributed by atoms with Crippen molar-refractivity contribution in [3.63, 3.8) is 0 Å². The van der Waals surface area contributed by atoms with Gasteiger partial charge in [0.15, 0.2) is 0 Å². The van der Waals surface area contributed by atoms with Crippen LogP contribution in [0, 0.1) is 0 Å². The van der Waals surface area contributed by atoms with E-state index in [0.29, 0.717) is 5.25 Å². The minimum absolute atomic E-state index is 0.0639. The fourth-order valence-corrected chi connectivity index (χ4v) is 5.13. The number of fused-ring (bicyclic) bond motifs is 1. The molecule has 3 atom stereocenters. The summed E-state index contributed by atoms with van der Waals surface area (Å²) in [5.41, 5.74) is 10.1. The Balaban J connectivity index is 1.58. The van der Waals surface area contributed by atoms with Crippen LogP contribution < -0.4 is 16.4 Å². The second kappa shape index (κ2) is 7.72. The zero-order valence-corrected chi connectivity index (χ0v) is 15.6. The summed E-state index contributed by atoms with van der Waals surface area (Å²) < 4.78 is 0. The molecule has 2 aromatic rings. The third kappa shape index (κ3) is 3.60. The van der Waals surface area contributed by atoms with E-state index in [1.54, 1.807) is 0 Å². The van der Waals surface area contributed by atoms with Gasteiger partial charge in [0, 0.05) is 29.8 Å². The summed E-state index contributed by atoms with van der Waals surface area (Å²) in [4.78, 5) is 12.9. The van der Waals surface area contributed by atoms with Crippen molar-refractivity contribution in [3.05, 3.63) is 65.2 Å². The number of carbonyl (C=O) groups excluding carboxylic acids is 1. The highest BCUT2D eigenvalue weighted by Crippen LogP contribution is 2.38. The molecule has 4 nitrogen and oxygen atoms in total. The van der Waals surface area contributed by atoms with Gasteiger partial charge in [0.1, 0.15) is 0 Å². The number of thioether (sulfide) groups is 1. The van der Waals surface area contributed by atoms with Gasteiger partial charge in [-0.05, 0) is 41.7 Å². The third-order valence-corrected chi connectivity index (χ3v) is 6.62. The lowest BCUT2D eigenvalue weighted by Crippen LogP contribution is -2.40. The topological polar surface area (TPSA) is 67.1 Å². The maximum Gasteiger partial charge on any atom is 0.228 e. The molecule has 1 amide bonds. The van der Waals surface area contributed by atoms with Crippen LogP contribution in [0.3, 0.4) is 0 Å². The van der Waals surface area contributed by atoms with Crippen LogP contribution in [0.1, 0.15) is 41.5 Å². The smallest absolute Gasteiger partial charge is 0.228 e. The summed E-state index contributed by atoms with van der Waals surface area (Å²) in [5.74, 6) is 1.23. The zero-order chi connectivity index (χ0) is 17.9. The number of nitrogens with one attached hydrogen (secondary N) is 2. The van der Waals surface area contributed by atoms with Gasteiger partial charge in [0.05, 0.1) is 12.0 Å². The second-order valence-electron chi connectivity index (χ2n) is 7.07. The number of nitrogens with two attached hydrogens (primary N) is 1. The largest absolute Gasteiger partial charge is 0.399 e. The molecule has 4 N–H and O–H groups in total. The number of anilines is 1. The van der Waals surface area contributed by atoms with E-state index >= 15 is 0 Å². The molecule has 4 rings (SSSR count). The number of carbonyl (C=O) groups is 1. The molecule has 0 spiro atoms. The Labute approximate surface area is 158 Å². The average Bonchev–Trinajstić information content (AvgIpc) is 2.67. The number of hydrogen-bond acceptors (Lipinski definition) is 4. The van der Waals surface area contributed by atoms with Gasteiger partial charge in [-0.2, -0.15) is 11.8 Å². The normalized spacial score (nSPS) is 25.4. The van der Waals surface area contributed by atoms with Crippen molar-refractivity contribution >= 4 is 23.4 Å². The van der Waals surface area contributed by atoms with Gasteiger partial charge >= 0.3 is 0 Å². The molecule has 26 heavy (non-hydrogen) atoms. The molecule has 2 aliphatic heterocycles. The summed E-state index contributed by atoms with van der Waals surface area (Å²) in [6.45, 7) is 2.14. The van der Waals surface area contributed by atoms with E-state index < -0.39 is 0 Å². The molecule has 0 aromatic heterocycles. The van der Waals surface area contributed by atoms with Crippen LogP contribution in [-0.4, -0.2) is 30.0 Å². The SMILES string of the molecule is Nc1cccc(C2NC(=O)C(CCC3CNCCS3)c3ccccc32)c1. The molecule has 1 fully saturated rings. The number of rotatable bonds is 4. The maximum atomic E-state index is 12.9. The molecule has 136 valence electrons. The van der Waals surface area contributed by atoms with Gasteiger partial charge in [-0.1, -0.05) is 36.4 Å². The molecule has 2 aliphatic rings. The lowest BCUT2D eigenvalue weighted by atomic mass is 9.81. The van der Waals surface area contributed by atoms with E-state index in [1.165, 1.54) is 5.56 Å². The number of amides is 1. The highest BCUT2D eigenvalue weighted by atomic mass is 32.2. The standard InChI is InChI=1S/C21H25N3OS/c22-15-5-3-4-14(12-15)20-18-7-2-1-6-17(18)19(21(25)24-20)9-8-16-13-23-10-11-26-16/h1-7,12,16,19-20,23H,8-11,13,22H2,(H,24,25). The van der Waals surface area contributed by atoms with Gasteiger partial charge in [0.25, 0.3) is 0 Å². The Morgan fingerprint density at radius 2 is 1.92 bits per heavy atom. The van der Waals surface area contributed by atoms with Crippen molar-refractivity contribution in [2.45, 2.75) is 30.1 Å². The van der Waals surface area contributed by atoms with Crippen molar-refractivity contribution in [2.24, 2.45) is 0 Å². The number of nitrogen functional groups attached to an aromatic ring is 1. The fourth-order valence-electron chi connectivity index (χ4n) is 4.00. The highest BCUT2D eigenvalue weighted by molar-refractivity contribution is 8.00. The predicted octanol–water partition coefficient (Wildman–Crippen LogP) is 3.06. The van der Waals surface area contributed by atoms with E-state index in [0.717, 1.165) is 48.5 Å². The van der Waals surface area contributed by atoms with Gasteiger partial charge in [-0.3, -0.25) is 4.79 Å².